The van der Waals surface area contributed by atoms with Gasteiger partial charge in [0.15, 0.2) is 5.96 Å². The van der Waals surface area contributed by atoms with Gasteiger partial charge < -0.3 is 10.2 Å². The van der Waals surface area contributed by atoms with E-state index in [2.05, 4.69) is 36.0 Å². The molecule has 3 nitrogen and oxygen atoms in total. The summed E-state index contributed by atoms with van der Waals surface area (Å²) in [4.78, 5) is 6.85. The Balaban J connectivity index is 0.00000162. The summed E-state index contributed by atoms with van der Waals surface area (Å²) in [7, 11) is 1.90. The highest BCUT2D eigenvalue weighted by Gasteiger charge is 2.35. The molecule has 0 aromatic carbocycles. The van der Waals surface area contributed by atoms with Gasteiger partial charge in [-0.3, -0.25) is 4.99 Å². The van der Waals surface area contributed by atoms with Crippen molar-refractivity contribution in [3.8, 4) is 0 Å². The summed E-state index contributed by atoms with van der Waals surface area (Å²) in [5.74, 6) is 2.91. The maximum absolute atomic E-state index is 4.43. The number of hydrogen-bond acceptors (Lipinski definition) is 1. The molecule has 1 saturated carbocycles. The van der Waals surface area contributed by atoms with Gasteiger partial charge in [-0.05, 0) is 36.5 Å². The Morgan fingerprint density at radius 1 is 1.50 bits per heavy atom. The van der Waals surface area contributed by atoms with Gasteiger partial charge in [-0.15, -0.1) is 24.0 Å². The number of guanidine groups is 1. The molecule has 4 heteroatoms. The lowest BCUT2D eigenvalue weighted by Crippen LogP contribution is -2.41. The molecular formula is C14H28IN3. The fraction of sp³-hybridized carbons (Fsp3) is 0.929. The maximum atomic E-state index is 4.43. The molecular weight excluding hydrogens is 337 g/mol. The molecule has 1 aliphatic carbocycles. The summed E-state index contributed by atoms with van der Waals surface area (Å²) >= 11 is 0. The van der Waals surface area contributed by atoms with Crippen molar-refractivity contribution < 1.29 is 0 Å². The van der Waals surface area contributed by atoms with Crippen molar-refractivity contribution in [2.45, 2.75) is 40.0 Å². The van der Waals surface area contributed by atoms with Gasteiger partial charge in [-0.25, -0.2) is 0 Å². The van der Waals surface area contributed by atoms with E-state index < -0.39 is 0 Å². The van der Waals surface area contributed by atoms with Crippen LogP contribution >= 0.6 is 24.0 Å². The molecule has 1 saturated heterocycles. The second-order valence-electron chi connectivity index (χ2n) is 6.24. The number of aliphatic imine (C=N–C) groups is 1. The molecule has 1 aliphatic heterocycles. The first-order valence-corrected chi connectivity index (χ1v) is 7.03. The van der Waals surface area contributed by atoms with Crippen molar-refractivity contribution in [1.29, 1.82) is 0 Å². The Kier molecular flexibility index (Phi) is 5.74. The van der Waals surface area contributed by atoms with Crippen LogP contribution in [0.25, 0.3) is 0 Å². The lowest BCUT2D eigenvalue weighted by Gasteiger charge is -2.25. The van der Waals surface area contributed by atoms with E-state index in [0.29, 0.717) is 5.41 Å². The molecule has 2 aliphatic rings. The fourth-order valence-corrected chi connectivity index (χ4v) is 2.73. The monoisotopic (exact) mass is 365 g/mol. The predicted molar refractivity (Wildman–Crippen MR) is 88.6 cm³/mol. The Morgan fingerprint density at radius 2 is 2.17 bits per heavy atom. The predicted octanol–water partition coefficient (Wildman–Crippen LogP) is 2.96. The van der Waals surface area contributed by atoms with Crippen LogP contribution in [-0.4, -0.2) is 37.5 Å². The van der Waals surface area contributed by atoms with Crippen molar-refractivity contribution in [3.63, 3.8) is 0 Å². The van der Waals surface area contributed by atoms with Gasteiger partial charge in [-0.2, -0.15) is 0 Å². The summed E-state index contributed by atoms with van der Waals surface area (Å²) in [6.45, 7) is 10.4. The first-order valence-electron chi connectivity index (χ1n) is 7.03. The van der Waals surface area contributed by atoms with Crippen molar-refractivity contribution >= 4 is 29.9 Å². The number of likely N-dealkylation sites (tertiary alicyclic amines) is 1. The highest BCUT2D eigenvalue weighted by Crippen LogP contribution is 2.37. The van der Waals surface area contributed by atoms with Crippen LogP contribution < -0.4 is 5.32 Å². The zero-order valence-corrected chi connectivity index (χ0v) is 14.5. The summed E-state index contributed by atoms with van der Waals surface area (Å²) < 4.78 is 0. The molecule has 2 rings (SSSR count). The van der Waals surface area contributed by atoms with E-state index >= 15 is 0 Å². The van der Waals surface area contributed by atoms with E-state index in [0.717, 1.165) is 37.4 Å². The quantitative estimate of drug-likeness (QED) is 0.473. The van der Waals surface area contributed by atoms with Crippen LogP contribution in [0, 0.1) is 17.3 Å². The molecule has 0 aromatic rings. The first-order chi connectivity index (χ1) is 8.08. The van der Waals surface area contributed by atoms with Crippen LogP contribution in [0.15, 0.2) is 4.99 Å². The van der Waals surface area contributed by atoms with Crippen LogP contribution in [0.3, 0.4) is 0 Å². The third-order valence-corrected chi connectivity index (χ3v) is 4.72. The van der Waals surface area contributed by atoms with E-state index in [1.807, 2.05) is 7.05 Å². The molecule has 1 heterocycles. The molecule has 1 N–H and O–H groups in total. The Morgan fingerprint density at radius 3 is 2.61 bits per heavy atom. The zero-order valence-electron chi connectivity index (χ0n) is 12.2. The minimum atomic E-state index is 0. The van der Waals surface area contributed by atoms with E-state index in [1.54, 1.807) is 0 Å². The molecule has 3 unspecified atom stereocenters. The molecule has 106 valence electrons. The molecule has 18 heavy (non-hydrogen) atoms. The number of rotatable bonds is 3. The summed E-state index contributed by atoms with van der Waals surface area (Å²) in [6, 6.07) is 0. The molecule has 0 aromatic heterocycles. The normalized spacial score (nSPS) is 35.3. The van der Waals surface area contributed by atoms with Crippen LogP contribution in [0.4, 0.5) is 0 Å². The first kappa shape index (κ1) is 16.1. The lowest BCUT2D eigenvalue weighted by atomic mass is 9.87. The number of nitrogens with one attached hydrogen (secondary N) is 1. The number of halogens is 1. The van der Waals surface area contributed by atoms with E-state index in [9.17, 15) is 0 Å². The number of nitrogens with zero attached hydrogens (tertiary/aromatic N) is 2. The maximum Gasteiger partial charge on any atom is 0.193 e. The van der Waals surface area contributed by atoms with E-state index in [-0.39, 0.29) is 24.0 Å². The molecule has 2 fully saturated rings. The second-order valence-corrected chi connectivity index (χ2v) is 6.24. The Bertz CT molecular complexity index is 305. The van der Waals surface area contributed by atoms with Crippen LogP contribution in [0.5, 0.6) is 0 Å². The van der Waals surface area contributed by atoms with Crippen molar-refractivity contribution in [2.24, 2.45) is 22.2 Å². The summed E-state index contributed by atoms with van der Waals surface area (Å²) in [5.41, 5.74) is 0.491. The second kappa shape index (κ2) is 6.44. The standard InChI is InChI=1S/C14H27N3.HI/c1-5-14(3)6-7-17(10-14)13(15-4)16-9-12-8-11(12)2;/h11-12H,5-10H2,1-4H3,(H,15,16);1H. The third kappa shape index (κ3) is 3.75. The van der Waals surface area contributed by atoms with Crippen molar-refractivity contribution in [1.82, 2.24) is 10.2 Å². The molecule has 3 atom stereocenters. The van der Waals surface area contributed by atoms with Gasteiger partial charge in [0.25, 0.3) is 0 Å². The molecule has 0 spiro atoms. The average Bonchev–Trinajstić information content (AvgIpc) is 2.87. The smallest absolute Gasteiger partial charge is 0.193 e. The van der Waals surface area contributed by atoms with Crippen LogP contribution in [0.2, 0.25) is 0 Å². The van der Waals surface area contributed by atoms with Crippen LogP contribution in [-0.2, 0) is 0 Å². The van der Waals surface area contributed by atoms with Gasteiger partial charge in [0.05, 0.1) is 0 Å². The minimum Gasteiger partial charge on any atom is -0.356 e. The minimum absolute atomic E-state index is 0. The van der Waals surface area contributed by atoms with Gasteiger partial charge in [0, 0.05) is 26.7 Å². The Labute approximate surface area is 129 Å². The molecule has 0 bridgehead atoms. The average molecular weight is 365 g/mol. The number of hydrogen-bond donors (Lipinski definition) is 1. The molecule has 0 amide bonds. The van der Waals surface area contributed by atoms with Crippen molar-refractivity contribution in [2.75, 3.05) is 26.7 Å². The summed E-state index contributed by atoms with van der Waals surface area (Å²) in [5, 5.41) is 3.54. The SMILES string of the molecule is CCC1(C)CCN(C(=NC)NCC2CC2C)C1.I. The lowest BCUT2D eigenvalue weighted by molar-refractivity contribution is 0.322. The fourth-order valence-electron chi connectivity index (χ4n) is 2.73. The van der Waals surface area contributed by atoms with Gasteiger partial charge in [-0.1, -0.05) is 20.8 Å². The van der Waals surface area contributed by atoms with Gasteiger partial charge >= 0.3 is 0 Å². The largest absolute Gasteiger partial charge is 0.356 e. The van der Waals surface area contributed by atoms with Crippen molar-refractivity contribution in [3.05, 3.63) is 0 Å². The summed E-state index contributed by atoms with van der Waals surface area (Å²) in [6.07, 6.45) is 3.95. The van der Waals surface area contributed by atoms with E-state index in [4.69, 9.17) is 0 Å². The van der Waals surface area contributed by atoms with Crippen LogP contribution in [0.1, 0.15) is 40.0 Å². The molecule has 0 radical (unpaired) electrons. The van der Waals surface area contributed by atoms with E-state index in [1.165, 1.54) is 19.3 Å². The highest BCUT2D eigenvalue weighted by atomic mass is 127. The van der Waals surface area contributed by atoms with Gasteiger partial charge in [0.2, 0.25) is 0 Å². The van der Waals surface area contributed by atoms with Gasteiger partial charge in [0.1, 0.15) is 0 Å². The Hall–Kier alpha value is 0. The topological polar surface area (TPSA) is 27.6 Å². The highest BCUT2D eigenvalue weighted by molar-refractivity contribution is 14.0. The zero-order chi connectivity index (χ0) is 12.5. The third-order valence-electron chi connectivity index (χ3n) is 4.72.